The fraction of sp³-hybridized carbons (Fsp3) is 0.167. The van der Waals surface area contributed by atoms with Gasteiger partial charge in [-0.2, -0.15) is 0 Å². The first-order valence-electron chi connectivity index (χ1n) is 9.41. The number of pyridine rings is 1. The zero-order chi connectivity index (χ0) is 19.6. The van der Waals surface area contributed by atoms with Crippen molar-refractivity contribution < 1.29 is 4.79 Å². The van der Waals surface area contributed by atoms with Crippen LogP contribution < -0.4 is 10.2 Å². The van der Waals surface area contributed by atoms with Gasteiger partial charge < -0.3 is 10.2 Å². The Morgan fingerprint density at radius 1 is 1.04 bits per heavy atom. The van der Waals surface area contributed by atoms with E-state index in [2.05, 4.69) is 47.2 Å². The molecule has 3 aromatic rings. The van der Waals surface area contributed by atoms with Gasteiger partial charge in [0, 0.05) is 29.9 Å². The van der Waals surface area contributed by atoms with Gasteiger partial charge in [-0.15, -0.1) is 0 Å². The van der Waals surface area contributed by atoms with E-state index < -0.39 is 0 Å². The zero-order valence-electron chi connectivity index (χ0n) is 16.1. The molecule has 0 atom stereocenters. The highest BCUT2D eigenvalue weighted by atomic mass is 16.1. The van der Waals surface area contributed by atoms with Crippen molar-refractivity contribution in [3.8, 4) is 0 Å². The maximum atomic E-state index is 12.5. The first-order chi connectivity index (χ1) is 13.5. The molecule has 2 heterocycles. The Bertz CT molecular complexity index is 1020. The van der Waals surface area contributed by atoms with Crippen molar-refractivity contribution in [1.29, 1.82) is 0 Å². The van der Waals surface area contributed by atoms with Gasteiger partial charge in [-0.25, -0.2) is 4.98 Å². The average molecular weight is 369 g/mol. The summed E-state index contributed by atoms with van der Waals surface area (Å²) in [4.78, 5) is 19.3. The van der Waals surface area contributed by atoms with Crippen LogP contribution in [0.5, 0.6) is 0 Å². The summed E-state index contributed by atoms with van der Waals surface area (Å²) in [6.07, 6.45) is 5.12. The summed E-state index contributed by atoms with van der Waals surface area (Å²) in [5.41, 5.74) is 4.14. The van der Waals surface area contributed by atoms with E-state index in [4.69, 9.17) is 0 Å². The largest absolute Gasteiger partial charge is 0.324 e. The number of benzene rings is 2. The second-order valence-corrected chi connectivity index (χ2v) is 7.60. The SMILES string of the molecule is CC1(C)CN(c2ncccc2NC(=O)C=Cc2ccccc2)c2ccccc21. The normalized spacial score (nSPS) is 14.9. The van der Waals surface area contributed by atoms with E-state index in [9.17, 15) is 4.79 Å². The molecule has 1 N–H and O–H groups in total. The molecule has 0 aliphatic carbocycles. The third kappa shape index (κ3) is 3.54. The molecule has 1 amide bonds. The molecular formula is C24H23N3O. The molecule has 0 saturated heterocycles. The standard InChI is InChI=1S/C24H23N3O/c1-24(2)17-27(21-13-7-6-11-19(21)24)23-20(12-8-16-25-23)26-22(28)15-14-18-9-4-3-5-10-18/h3-16H,17H2,1-2H3,(H,26,28). The lowest BCUT2D eigenvalue weighted by atomic mass is 9.87. The van der Waals surface area contributed by atoms with Crippen LogP contribution >= 0.6 is 0 Å². The summed E-state index contributed by atoms with van der Waals surface area (Å²) in [6.45, 7) is 5.28. The number of aromatic nitrogens is 1. The molecule has 0 unspecified atom stereocenters. The van der Waals surface area contributed by atoms with E-state index in [1.54, 1.807) is 18.3 Å². The molecule has 1 aliphatic rings. The van der Waals surface area contributed by atoms with Crippen LogP contribution in [-0.2, 0) is 10.2 Å². The minimum absolute atomic E-state index is 0.0165. The van der Waals surface area contributed by atoms with Gasteiger partial charge in [-0.05, 0) is 35.4 Å². The maximum absolute atomic E-state index is 12.5. The lowest BCUT2D eigenvalue weighted by Crippen LogP contribution is -2.26. The number of hydrogen-bond acceptors (Lipinski definition) is 3. The van der Waals surface area contributed by atoms with Crippen molar-refractivity contribution in [2.75, 3.05) is 16.8 Å². The summed E-state index contributed by atoms with van der Waals surface area (Å²) >= 11 is 0. The smallest absolute Gasteiger partial charge is 0.248 e. The second kappa shape index (κ2) is 7.31. The number of carbonyl (C=O) groups excluding carboxylic acids is 1. The Balaban J connectivity index is 1.60. The number of hydrogen-bond donors (Lipinski definition) is 1. The third-order valence-corrected chi connectivity index (χ3v) is 5.00. The summed E-state index contributed by atoms with van der Waals surface area (Å²) in [5.74, 6) is 0.590. The monoisotopic (exact) mass is 369 g/mol. The summed E-state index contributed by atoms with van der Waals surface area (Å²) in [5, 5.41) is 2.99. The van der Waals surface area contributed by atoms with Crippen LogP contribution in [0.1, 0.15) is 25.0 Å². The molecule has 0 fully saturated rings. The summed E-state index contributed by atoms with van der Waals surface area (Å²) < 4.78 is 0. The van der Waals surface area contributed by atoms with Crippen LogP contribution in [0.2, 0.25) is 0 Å². The Kier molecular flexibility index (Phi) is 4.70. The van der Waals surface area contributed by atoms with Gasteiger partial charge in [0.1, 0.15) is 0 Å². The van der Waals surface area contributed by atoms with E-state index in [-0.39, 0.29) is 11.3 Å². The number of carbonyl (C=O) groups is 1. The molecule has 28 heavy (non-hydrogen) atoms. The fourth-order valence-electron chi connectivity index (χ4n) is 3.66. The lowest BCUT2D eigenvalue weighted by Gasteiger charge is -2.23. The molecule has 4 heteroatoms. The van der Waals surface area contributed by atoms with Crippen LogP contribution in [0.15, 0.2) is 79.0 Å². The minimum Gasteiger partial charge on any atom is -0.324 e. The highest BCUT2D eigenvalue weighted by molar-refractivity contribution is 6.03. The Morgan fingerprint density at radius 3 is 2.61 bits per heavy atom. The number of para-hydroxylation sites is 1. The van der Waals surface area contributed by atoms with Crippen molar-refractivity contribution in [2.24, 2.45) is 0 Å². The van der Waals surface area contributed by atoms with Gasteiger partial charge in [-0.1, -0.05) is 62.4 Å². The second-order valence-electron chi connectivity index (χ2n) is 7.60. The van der Waals surface area contributed by atoms with Crippen molar-refractivity contribution in [3.63, 3.8) is 0 Å². The number of nitrogens with one attached hydrogen (secondary N) is 1. The summed E-state index contributed by atoms with van der Waals surface area (Å²) in [6, 6.07) is 21.9. The van der Waals surface area contributed by atoms with Crippen molar-refractivity contribution in [1.82, 2.24) is 4.98 Å². The molecule has 0 saturated carbocycles. The van der Waals surface area contributed by atoms with E-state index >= 15 is 0 Å². The maximum Gasteiger partial charge on any atom is 0.248 e. The first kappa shape index (κ1) is 18.0. The number of nitrogens with zero attached hydrogens (tertiary/aromatic N) is 2. The molecule has 4 nitrogen and oxygen atoms in total. The fourth-order valence-corrected chi connectivity index (χ4v) is 3.66. The van der Waals surface area contributed by atoms with E-state index in [0.29, 0.717) is 5.69 Å². The molecule has 2 aromatic carbocycles. The minimum atomic E-state index is -0.176. The topological polar surface area (TPSA) is 45.2 Å². The Labute approximate surface area is 165 Å². The Hall–Kier alpha value is -3.40. The van der Waals surface area contributed by atoms with Gasteiger partial charge in [0.2, 0.25) is 5.91 Å². The average Bonchev–Trinajstić information content (AvgIpc) is 2.99. The van der Waals surface area contributed by atoms with Crippen molar-refractivity contribution >= 4 is 29.2 Å². The van der Waals surface area contributed by atoms with Crippen LogP contribution in [0.4, 0.5) is 17.2 Å². The highest BCUT2D eigenvalue weighted by Crippen LogP contribution is 2.45. The molecular weight excluding hydrogens is 346 g/mol. The highest BCUT2D eigenvalue weighted by Gasteiger charge is 2.36. The summed E-state index contributed by atoms with van der Waals surface area (Å²) in [7, 11) is 0. The number of anilines is 3. The van der Waals surface area contributed by atoms with Crippen molar-refractivity contribution in [2.45, 2.75) is 19.3 Å². The molecule has 0 radical (unpaired) electrons. The molecule has 0 bridgehead atoms. The van der Waals surface area contributed by atoms with Crippen LogP contribution in [-0.4, -0.2) is 17.4 Å². The molecule has 4 rings (SSSR count). The van der Waals surface area contributed by atoms with Crippen LogP contribution in [0.3, 0.4) is 0 Å². The van der Waals surface area contributed by atoms with Gasteiger partial charge in [-0.3, -0.25) is 4.79 Å². The quantitative estimate of drug-likeness (QED) is 0.646. The molecule has 1 aliphatic heterocycles. The molecule has 140 valence electrons. The predicted octanol–water partition coefficient (Wildman–Crippen LogP) is 5.16. The van der Waals surface area contributed by atoms with Crippen LogP contribution in [0, 0.1) is 0 Å². The van der Waals surface area contributed by atoms with Gasteiger partial charge in [0.15, 0.2) is 5.82 Å². The first-order valence-corrected chi connectivity index (χ1v) is 9.41. The van der Waals surface area contributed by atoms with E-state index in [1.165, 1.54) is 5.56 Å². The van der Waals surface area contributed by atoms with Crippen LogP contribution in [0.25, 0.3) is 6.08 Å². The van der Waals surface area contributed by atoms with E-state index in [0.717, 1.165) is 23.6 Å². The third-order valence-electron chi connectivity index (χ3n) is 5.00. The Morgan fingerprint density at radius 2 is 1.79 bits per heavy atom. The predicted molar refractivity (Wildman–Crippen MR) is 115 cm³/mol. The van der Waals surface area contributed by atoms with Gasteiger partial charge in [0.25, 0.3) is 0 Å². The van der Waals surface area contributed by atoms with Gasteiger partial charge in [0.05, 0.1) is 5.69 Å². The molecule has 0 spiro atoms. The van der Waals surface area contributed by atoms with E-state index in [1.807, 2.05) is 48.5 Å². The zero-order valence-corrected chi connectivity index (χ0v) is 16.1. The number of fused-ring (bicyclic) bond motifs is 1. The van der Waals surface area contributed by atoms with Crippen molar-refractivity contribution in [3.05, 3.63) is 90.1 Å². The number of rotatable bonds is 4. The lowest BCUT2D eigenvalue weighted by molar-refractivity contribution is -0.111. The number of amides is 1. The van der Waals surface area contributed by atoms with Gasteiger partial charge >= 0.3 is 0 Å². The molecule has 1 aromatic heterocycles.